The number of ether oxygens (including phenoxy) is 2. The molecule has 3 heteroatoms. The lowest BCUT2D eigenvalue weighted by Crippen LogP contribution is -2.25. The first-order chi connectivity index (χ1) is 11.8. The summed E-state index contributed by atoms with van der Waals surface area (Å²) in [5.41, 5.74) is 0.819. The molecule has 3 aromatic carbocycles. The van der Waals surface area contributed by atoms with Crippen LogP contribution >= 0.6 is 0 Å². The number of fused-ring (bicyclic) bond motifs is 2. The molecule has 0 aromatic heterocycles. The first-order valence-corrected chi connectivity index (χ1v) is 8.50. The first-order valence-electron chi connectivity index (χ1n) is 8.50. The summed E-state index contributed by atoms with van der Waals surface area (Å²) in [6.07, 6.45) is 1.72. The molecule has 0 amide bonds. The zero-order valence-electron chi connectivity index (χ0n) is 13.5. The average molecular weight is 320 g/mol. The summed E-state index contributed by atoms with van der Waals surface area (Å²) in [5, 5.41) is 4.24. The highest BCUT2D eigenvalue weighted by atomic mass is 16.7. The summed E-state index contributed by atoms with van der Waals surface area (Å²) < 4.78 is 11.1. The van der Waals surface area contributed by atoms with Gasteiger partial charge in [0.25, 0.3) is 0 Å². The third-order valence-electron chi connectivity index (χ3n) is 4.55. The van der Waals surface area contributed by atoms with Crippen molar-refractivity contribution in [2.45, 2.75) is 25.6 Å². The lowest BCUT2D eigenvalue weighted by Gasteiger charge is -2.23. The molecule has 0 N–H and O–H groups in total. The zero-order valence-corrected chi connectivity index (χ0v) is 13.5. The van der Waals surface area contributed by atoms with Crippen molar-refractivity contribution in [2.75, 3.05) is 13.2 Å². The normalized spacial score (nSPS) is 15.8. The lowest BCUT2D eigenvalue weighted by atomic mass is 9.92. The first kappa shape index (κ1) is 15.3. The Balaban J connectivity index is 1.71. The number of carbonyl (C=O) groups excluding carboxylic acids is 1. The Hall–Kier alpha value is -2.23. The Bertz CT molecular complexity index is 825. The molecule has 0 aliphatic carbocycles. The monoisotopic (exact) mass is 320 g/mol. The Morgan fingerprint density at radius 3 is 2.12 bits per heavy atom. The minimum absolute atomic E-state index is 0.153. The van der Waals surface area contributed by atoms with Crippen molar-refractivity contribution in [1.82, 2.24) is 0 Å². The number of benzene rings is 3. The summed E-state index contributed by atoms with van der Waals surface area (Å²) in [4.78, 5) is 13.0. The van der Waals surface area contributed by atoms with E-state index in [1.165, 1.54) is 0 Å². The van der Waals surface area contributed by atoms with E-state index in [4.69, 9.17) is 9.47 Å². The predicted octanol–water partition coefficient (Wildman–Crippen LogP) is 4.72. The molecular weight excluding hydrogens is 300 g/mol. The summed E-state index contributed by atoms with van der Waals surface area (Å²) in [5.74, 6) is 0.153. The third-order valence-corrected chi connectivity index (χ3v) is 4.55. The molecule has 1 aliphatic heterocycles. The molecule has 0 saturated carbocycles. The Morgan fingerprint density at radius 2 is 1.50 bits per heavy atom. The topological polar surface area (TPSA) is 35.5 Å². The van der Waals surface area contributed by atoms with Gasteiger partial charge in [-0.25, -0.2) is 0 Å². The van der Waals surface area contributed by atoms with Crippen molar-refractivity contribution < 1.29 is 14.3 Å². The minimum atomic E-state index is -0.246. The predicted molar refractivity (Wildman–Crippen MR) is 95.3 cm³/mol. The Labute approximate surface area is 141 Å². The molecule has 0 unspecified atom stereocenters. The summed E-state index contributed by atoms with van der Waals surface area (Å²) >= 11 is 0. The maximum atomic E-state index is 13.0. The van der Waals surface area contributed by atoms with Gasteiger partial charge in [-0.1, -0.05) is 48.5 Å². The molecule has 3 aromatic rings. The highest BCUT2D eigenvalue weighted by Gasteiger charge is 2.19. The number of Topliss-reactive ketones (excluding diaryl/α,β-unsaturated/α-hetero) is 1. The van der Waals surface area contributed by atoms with Gasteiger partial charge in [-0.15, -0.1) is 0 Å². The Kier molecular flexibility index (Phi) is 4.28. The van der Waals surface area contributed by atoms with Crippen LogP contribution in [0, 0.1) is 0 Å². The van der Waals surface area contributed by atoms with Gasteiger partial charge in [0, 0.05) is 18.4 Å². The molecule has 122 valence electrons. The number of carbonyl (C=O) groups is 1. The van der Waals surface area contributed by atoms with E-state index in [-0.39, 0.29) is 12.1 Å². The molecule has 0 atom stereocenters. The maximum Gasteiger partial charge on any atom is 0.164 e. The van der Waals surface area contributed by atoms with E-state index >= 15 is 0 Å². The summed E-state index contributed by atoms with van der Waals surface area (Å²) in [6.45, 7) is 1.44. The molecule has 4 rings (SSSR count). The van der Waals surface area contributed by atoms with Gasteiger partial charge in [-0.05, 0) is 34.0 Å². The van der Waals surface area contributed by atoms with E-state index in [0.717, 1.165) is 46.7 Å². The maximum absolute atomic E-state index is 13.0. The van der Waals surface area contributed by atoms with Crippen LogP contribution in [0.25, 0.3) is 21.5 Å². The largest absolute Gasteiger partial charge is 0.353 e. The molecule has 1 heterocycles. The molecule has 0 spiro atoms. The van der Waals surface area contributed by atoms with Crippen LogP contribution in [0.1, 0.15) is 29.6 Å². The van der Waals surface area contributed by atoms with Gasteiger partial charge < -0.3 is 9.47 Å². The minimum Gasteiger partial charge on any atom is -0.353 e. The van der Waals surface area contributed by atoms with Crippen LogP contribution in [-0.4, -0.2) is 25.3 Å². The molecule has 1 aliphatic rings. The molecule has 24 heavy (non-hydrogen) atoms. The second kappa shape index (κ2) is 6.71. The molecule has 3 nitrogen and oxygen atoms in total. The second-order valence-electron chi connectivity index (χ2n) is 6.18. The van der Waals surface area contributed by atoms with Gasteiger partial charge in [0.1, 0.15) is 0 Å². The third kappa shape index (κ3) is 2.93. The van der Waals surface area contributed by atoms with Gasteiger partial charge in [0.05, 0.1) is 13.2 Å². The van der Waals surface area contributed by atoms with Crippen molar-refractivity contribution in [1.29, 1.82) is 0 Å². The SMILES string of the molecule is O=C(CCC1OCCCO1)c1c2ccccc2cc2ccccc12. The molecule has 1 saturated heterocycles. The van der Waals surface area contributed by atoms with Crippen molar-refractivity contribution in [3.8, 4) is 0 Å². The van der Waals surface area contributed by atoms with E-state index < -0.39 is 0 Å². The van der Waals surface area contributed by atoms with E-state index in [1.807, 2.05) is 36.4 Å². The zero-order chi connectivity index (χ0) is 16.4. The van der Waals surface area contributed by atoms with E-state index in [2.05, 4.69) is 18.2 Å². The van der Waals surface area contributed by atoms with Gasteiger partial charge in [0.15, 0.2) is 12.1 Å². The van der Waals surface area contributed by atoms with Crippen LogP contribution in [0.15, 0.2) is 54.6 Å². The van der Waals surface area contributed by atoms with E-state index in [9.17, 15) is 4.79 Å². The highest BCUT2D eigenvalue weighted by Crippen LogP contribution is 2.30. The van der Waals surface area contributed by atoms with Crippen LogP contribution in [0.2, 0.25) is 0 Å². The lowest BCUT2D eigenvalue weighted by molar-refractivity contribution is -0.180. The summed E-state index contributed by atoms with van der Waals surface area (Å²) in [6, 6.07) is 18.3. The molecule has 1 fully saturated rings. The fourth-order valence-corrected chi connectivity index (χ4v) is 3.39. The van der Waals surface area contributed by atoms with Gasteiger partial charge in [-0.3, -0.25) is 4.79 Å². The van der Waals surface area contributed by atoms with Crippen LogP contribution < -0.4 is 0 Å². The molecule has 0 bridgehead atoms. The molecule has 0 radical (unpaired) electrons. The highest BCUT2D eigenvalue weighted by molar-refractivity contribution is 6.18. The van der Waals surface area contributed by atoms with Gasteiger partial charge in [-0.2, -0.15) is 0 Å². The Morgan fingerprint density at radius 1 is 0.917 bits per heavy atom. The van der Waals surface area contributed by atoms with Crippen LogP contribution in [0.3, 0.4) is 0 Å². The quantitative estimate of drug-likeness (QED) is 0.515. The number of hydrogen-bond donors (Lipinski definition) is 0. The van der Waals surface area contributed by atoms with Crippen LogP contribution in [-0.2, 0) is 9.47 Å². The summed E-state index contributed by atoms with van der Waals surface area (Å²) in [7, 11) is 0. The standard InChI is InChI=1S/C21H20O3/c22-19(10-11-20-23-12-5-13-24-20)21-17-8-3-1-6-15(17)14-16-7-2-4-9-18(16)21/h1-4,6-9,14,20H,5,10-13H2. The van der Waals surface area contributed by atoms with Crippen LogP contribution in [0.5, 0.6) is 0 Å². The van der Waals surface area contributed by atoms with Crippen molar-refractivity contribution >= 4 is 27.3 Å². The van der Waals surface area contributed by atoms with Gasteiger partial charge >= 0.3 is 0 Å². The van der Waals surface area contributed by atoms with Crippen LogP contribution in [0.4, 0.5) is 0 Å². The van der Waals surface area contributed by atoms with Crippen molar-refractivity contribution in [3.63, 3.8) is 0 Å². The average Bonchev–Trinajstić information content (AvgIpc) is 2.65. The van der Waals surface area contributed by atoms with Gasteiger partial charge in [0.2, 0.25) is 0 Å². The van der Waals surface area contributed by atoms with Crippen molar-refractivity contribution in [2.24, 2.45) is 0 Å². The van der Waals surface area contributed by atoms with E-state index in [0.29, 0.717) is 12.8 Å². The second-order valence-corrected chi connectivity index (χ2v) is 6.18. The van der Waals surface area contributed by atoms with Crippen molar-refractivity contribution in [3.05, 3.63) is 60.2 Å². The number of rotatable bonds is 4. The molecular formula is C21H20O3. The fraction of sp³-hybridized carbons (Fsp3) is 0.286. The van der Waals surface area contributed by atoms with E-state index in [1.54, 1.807) is 0 Å². The number of ketones is 1. The smallest absolute Gasteiger partial charge is 0.164 e. The fourth-order valence-electron chi connectivity index (χ4n) is 3.39. The number of hydrogen-bond acceptors (Lipinski definition) is 3.